The van der Waals surface area contributed by atoms with Gasteiger partial charge in [0.1, 0.15) is 16.6 Å². The number of barbiturate groups is 1. The Balaban J connectivity index is 1.94. The van der Waals surface area contributed by atoms with Gasteiger partial charge in [0.05, 0.1) is 0 Å². The second-order valence-electron chi connectivity index (χ2n) is 9.23. The predicted molar refractivity (Wildman–Crippen MR) is 125 cm³/mol. The van der Waals surface area contributed by atoms with Gasteiger partial charge in [0.15, 0.2) is 17.9 Å². The number of nitrogens with zero attached hydrogens (tertiary/aromatic N) is 1. The standard InChI is InChI=1S/C22H26BrF2N3O6S/c1-22(2,3)35(33)27-17(13-5-4-11(23)10-14(13)24)16(25)18(29)15-19(30)26-21(32)28(20(15)31)12-6-8-34-9-7-12/h4-5,10,12,15-17,27H,6-9H2,1-3H3,(H,26,30,32)/t15-,16-,17+,35-/m1/s1. The molecule has 35 heavy (non-hydrogen) atoms. The zero-order chi connectivity index (χ0) is 26.1. The number of hydrogen-bond donors (Lipinski definition) is 2. The van der Waals surface area contributed by atoms with Crippen LogP contribution in [0.1, 0.15) is 45.2 Å². The first-order valence-corrected chi connectivity index (χ1v) is 12.8. The molecule has 0 saturated carbocycles. The molecule has 0 bridgehead atoms. The monoisotopic (exact) mass is 577 g/mol. The van der Waals surface area contributed by atoms with Crippen LogP contribution in [0.2, 0.25) is 0 Å². The highest BCUT2D eigenvalue weighted by molar-refractivity contribution is 9.10. The maximum atomic E-state index is 15.8. The first-order chi connectivity index (χ1) is 16.3. The number of ether oxygens (including phenoxy) is 1. The van der Waals surface area contributed by atoms with Crippen LogP contribution in [0.5, 0.6) is 0 Å². The number of halogens is 3. The Labute approximate surface area is 212 Å². The van der Waals surface area contributed by atoms with E-state index < -0.39 is 69.7 Å². The summed E-state index contributed by atoms with van der Waals surface area (Å²) < 4.78 is 50.4. The van der Waals surface area contributed by atoms with Crippen LogP contribution >= 0.6 is 15.9 Å². The number of benzene rings is 1. The molecule has 2 N–H and O–H groups in total. The summed E-state index contributed by atoms with van der Waals surface area (Å²) in [6.45, 7) is 5.32. The SMILES string of the molecule is CC(C)(C)[S@@+]([O-])N[C@@H](c1ccc(Br)cc1F)[C@@H](F)C(=O)[C@@H]1C(=O)NC(=O)N(C2CCOCC2)C1=O. The summed E-state index contributed by atoms with van der Waals surface area (Å²) in [5.74, 6) is -6.93. The van der Waals surface area contributed by atoms with Crippen LogP contribution in [0.25, 0.3) is 0 Å². The Hall–Kier alpha value is -1.93. The quantitative estimate of drug-likeness (QED) is 0.376. The third-order valence-electron chi connectivity index (χ3n) is 5.69. The lowest BCUT2D eigenvalue weighted by molar-refractivity contribution is -0.151. The molecule has 3 rings (SSSR count). The second-order valence-corrected chi connectivity index (χ2v) is 12.1. The normalized spacial score (nSPS) is 22.5. The molecular weight excluding hydrogens is 552 g/mol. The molecule has 0 radical (unpaired) electrons. The molecule has 9 nitrogen and oxygen atoms in total. The van der Waals surface area contributed by atoms with Crippen molar-refractivity contribution in [2.24, 2.45) is 5.92 Å². The number of amides is 4. The fourth-order valence-electron chi connectivity index (χ4n) is 3.78. The van der Waals surface area contributed by atoms with E-state index in [-0.39, 0.29) is 18.8 Å². The maximum absolute atomic E-state index is 15.8. The lowest BCUT2D eigenvalue weighted by atomic mass is 9.89. The van der Waals surface area contributed by atoms with Gasteiger partial charge in [-0.15, -0.1) is 4.72 Å². The average Bonchev–Trinajstić information content (AvgIpc) is 2.77. The van der Waals surface area contributed by atoms with Gasteiger partial charge >= 0.3 is 6.03 Å². The van der Waals surface area contributed by atoms with Gasteiger partial charge < -0.3 is 9.29 Å². The first kappa shape index (κ1) is 27.7. The number of nitrogens with one attached hydrogen (secondary N) is 2. The van der Waals surface area contributed by atoms with Crippen molar-refractivity contribution in [3.8, 4) is 0 Å². The van der Waals surface area contributed by atoms with Crippen LogP contribution in [0.15, 0.2) is 22.7 Å². The van der Waals surface area contributed by atoms with E-state index >= 15 is 4.39 Å². The minimum absolute atomic E-state index is 0.271. The molecular formula is C22H26BrF2N3O6S. The Morgan fingerprint density at radius 2 is 1.91 bits per heavy atom. The van der Waals surface area contributed by atoms with Gasteiger partial charge in [-0.1, -0.05) is 22.0 Å². The fraction of sp³-hybridized carbons (Fsp3) is 0.545. The van der Waals surface area contributed by atoms with Crippen molar-refractivity contribution in [1.29, 1.82) is 0 Å². The van der Waals surface area contributed by atoms with Crippen LogP contribution in [-0.4, -0.2) is 63.3 Å². The van der Waals surface area contributed by atoms with E-state index in [1.807, 2.05) is 5.32 Å². The molecule has 13 heteroatoms. The zero-order valence-electron chi connectivity index (χ0n) is 19.3. The third kappa shape index (κ3) is 6.08. The number of urea groups is 1. The van der Waals surface area contributed by atoms with Gasteiger partial charge in [0.25, 0.3) is 5.91 Å². The highest BCUT2D eigenvalue weighted by atomic mass is 79.9. The van der Waals surface area contributed by atoms with Crippen LogP contribution in [0.3, 0.4) is 0 Å². The molecule has 1 aromatic carbocycles. The lowest BCUT2D eigenvalue weighted by Gasteiger charge is -2.37. The van der Waals surface area contributed by atoms with Crippen LogP contribution in [-0.2, 0) is 30.5 Å². The molecule has 2 fully saturated rings. The maximum Gasteiger partial charge on any atom is 0.331 e. The van der Waals surface area contributed by atoms with E-state index in [2.05, 4.69) is 20.7 Å². The van der Waals surface area contributed by atoms with E-state index in [9.17, 15) is 28.1 Å². The van der Waals surface area contributed by atoms with E-state index in [1.54, 1.807) is 20.8 Å². The minimum atomic E-state index is -2.64. The summed E-state index contributed by atoms with van der Waals surface area (Å²) in [4.78, 5) is 51.9. The highest BCUT2D eigenvalue weighted by Crippen LogP contribution is 2.31. The largest absolute Gasteiger partial charge is 0.598 e. The third-order valence-corrected chi connectivity index (χ3v) is 7.76. The van der Waals surface area contributed by atoms with Crippen molar-refractivity contribution in [2.75, 3.05) is 13.2 Å². The van der Waals surface area contributed by atoms with Gasteiger partial charge in [-0.25, -0.2) is 13.6 Å². The Kier molecular flexibility index (Phi) is 8.69. The summed E-state index contributed by atoms with van der Waals surface area (Å²) >= 11 is 1.16. The Morgan fingerprint density at radius 1 is 1.29 bits per heavy atom. The molecule has 0 aliphatic carbocycles. The van der Waals surface area contributed by atoms with Crippen LogP contribution in [0, 0.1) is 11.7 Å². The number of carbonyl (C=O) groups excluding carboxylic acids is 4. The Bertz CT molecular complexity index is 1020. The van der Waals surface area contributed by atoms with Gasteiger partial charge in [0.2, 0.25) is 5.91 Å². The number of Topliss-reactive ketones (excluding diaryl/α,β-unsaturated/α-hetero) is 1. The molecule has 4 amide bonds. The molecule has 0 spiro atoms. The molecule has 2 heterocycles. The van der Waals surface area contributed by atoms with Crippen LogP contribution < -0.4 is 10.0 Å². The van der Waals surface area contributed by atoms with Gasteiger partial charge in [-0.05, 0) is 45.7 Å². The summed E-state index contributed by atoms with van der Waals surface area (Å²) in [6, 6.07) is 0.278. The van der Waals surface area contributed by atoms with Gasteiger partial charge in [-0.3, -0.25) is 24.6 Å². The smallest absolute Gasteiger partial charge is 0.331 e. The van der Waals surface area contributed by atoms with Crippen molar-refractivity contribution in [1.82, 2.24) is 14.9 Å². The van der Waals surface area contributed by atoms with Gasteiger partial charge in [-0.2, -0.15) is 0 Å². The topological polar surface area (TPSA) is 128 Å². The molecule has 4 atom stereocenters. The molecule has 0 unspecified atom stereocenters. The highest BCUT2D eigenvalue weighted by Gasteiger charge is 2.51. The molecule has 1 aromatic rings. The summed E-state index contributed by atoms with van der Waals surface area (Å²) in [5.41, 5.74) is -0.312. The number of hydrogen-bond acceptors (Lipinski definition) is 7. The van der Waals surface area contributed by atoms with Crippen molar-refractivity contribution in [2.45, 2.75) is 56.6 Å². The Morgan fingerprint density at radius 3 is 2.49 bits per heavy atom. The summed E-state index contributed by atoms with van der Waals surface area (Å²) in [7, 11) is 0. The summed E-state index contributed by atoms with van der Waals surface area (Å²) in [6.07, 6.45) is -2.04. The van der Waals surface area contributed by atoms with E-state index in [4.69, 9.17) is 4.74 Å². The summed E-state index contributed by atoms with van der Waals surface area (Å²) in [5, 5.41) is 1.94. The minimum Gasteiger partial charge on any atom is -0.598 e. The second kappa shape index (κ2) is 11.0. The van der Waals surface area contributed by atoms with E-state index in [1.165, 1.54) is 12.1 Å². The van der Waals surface area contributed by atoms with Gasteiger partial charge in [0, 0.05) is 40.7 Å². The zero-order valence-corrected chi connectivity index (χ0v) is 21.7. The molecule has 2 aliphatic rings. The van der Waals surface area contributed by atoms with Crippen molar-refractivity contribution < 1.29 is 37.2 Å². The number of ketones is 1. The number of alkyl halides is 1. The average molecular weight is 578 g/mol. The first-order valence-electron chi connectivity index (χ1n) is 10.9. The van der Waals surface area contributed by atoms with E-state index in [0.717, 1.165) is 11.0 Å². The number of rotatable bonds is 7. The number of carbonyl (C=O) groups is 4. The van der Waals surface area contributed by atoms with E-state index in [0.29, 0.717) is 17.3 Å². The molecule has 2 saturated heterocycles. The van der Waals surface area contributed by atoms with Crippen LogP contribution in [0.4, 0.5) is 13.6 Å². The fourth-order valence-corrected chi connectivity index (χ4v) is 4.94. The predicted octanol–water partition coefficient (Wildman–Crippen LogP) is 2.46. The molecule has 2 aliphatic heterocycles. The molecule has 0 aromatic heterocycles. The number of imide groups is 2. The molecule has 192 valence electrons. The van der Waals surface area contributed by atoms with Crippen molar-refractivity contribution in [3.05, 3.63) is 34.1 Å². The van der Waals surface area contributed by atoms with Crippen molar-refractivity contribution >= 4 is 50.9 Å². The van der Waals surface area contributed by atoms with Crippen molar-refractivity contribution in [3.63, 3.8) is 0 Å². The lowest BCUT2D eigenvalue weighted by Crippen LogP contribution is -2.64.